The SMILES string of the molecule is CCO[P+](=O)c1ccc(C(NC(=O)c2cnc(-c3ccccn3)[nH]c2=O)c2ccc(OC)cc2)cc1. The highest BCUT2D eigenvalue weighted by Gasteiger charge is 2.24. The van der Waals surface area contributed by atoms with Crippen LogP contribution in [0.5, 0.6) is 5.75 Å². The Hall–Kier alpha value is -4.20. The average molecular weight is 503 g/mol. The zero-order chi connectivity index (χ0) is 25.5. The quantitative estimate of drug-likeness (QED) is 0.333. The van der Waals surface area contributed by atoms with Gasteiger partial charge in [0.15, 0.2) is 5.82 Å². The van der Waals surface area contributed by atoms with Gasteiger partial charge < -0.3 is 15.0 Å². The summed E-state index contributed by atoms with van der Waals surface area (Å²) in [5.74, 6) is 0.336. The van der Waals surface area contributed by atoms with E-state index < -0.39 is 25.5 Å². The van der Waals surface area contributed by atoms with Gasteiger partial charge in [-0.25, -0.2) is 4.98 Å². The van der Waals surface area contributed by atoms with Crippen molar-refractivity contribution in [2.75, 3.05) is 13.7 Å². The summed E-state index contributed by atoms with van der Waals surface area (Å²) in [4.78, 5) is 36.9. The number of nitrogens with zero attached hydrogens (tertiary/aromatic N) is 2. The Morgan fingerprint density at radius 3 is 2.31 bits per heavy atom. The molecule has 0 spiro atoms. The molecule has 0 aliphatic rings. The first-order chi connectivity index (χ1) is 17.5. The van der Waals surface area contributed by atoms with Gasteiger partial charge in [-0.3, -0.25) is 14.6 Å². The fourth-order valence-corrected chi connectivity index (χ4v) is 4.31. The van der Waals surface area contributed by atoms with Gasteiger partial charge >= 0.3 is 8.03 Å². The molecule has 0 aliphatic carbocycles. The van der Waals surface area contributed by atoms with E-state index in [1.54, 1.807) is 74.8 Å². The lowest BCUT2D eigenvalue weighted by Crippen LogP contribution is -2.33. The second kappa shape index (κ2) is 11.5. The van der Waals surface area contributed by atoms with Crippen LogP contribution in [-0.2, 0) is 9.09 Å². The van der Waals surface area contributed by atoms with Crippen LogP contribution in [0.1, 0.15) is 34.5 Å². The van der Waals surface area contributed by atoms with Crippen LogP contribution in [0.2, 0.25) is 0 Å². The van der Waals surface area contributed by atoms with Gasteiger partial charge in [-0.2, -0.15) is 0 Å². The van der Waals surface area contributed by atoms with E-state index in [0.717, 1.165) is 11.1 Å². The zero-order valence-electron chi connectivity index (χ0n) is 19.7. The van der Waals surface area contributed by atoms with Crippen LogP contribution < -0.4 is 20.9 Å². The normalized spacial score (nSPS) is 12.0. The number of benzene rings is 2. The molecule has 9 nitrogen and oxygen atoms in total. The summed E-state index contributed by atoms with van der Waals surface area (Å²) in [6.07, 6.45) is 2.82. The molecule has 2 unspecified atom stereocenters. The third-order valence-corrected chi connectivity index (χ3v) is 6.57. The minimum absolute atomic E-state index is 0.135. The maximum Gasteiger partial charge on any atom is 0.548 e. The van der Waals surface area contributed by atoms with Crippen molar-refractivity contribution in [1.82, 2.24) is 20.3 Å². The average Bonchev–Trinajstić information content (AvgIpc) is 2.92. The molecule has 4 aromatic rings. The molecule has 36 heavy (non-hydrogen) atoms. The summed E-state index contributed by atoms with van der Waals surface area (Å²) in [5, 5.41) is 3.46. The number of H-pyrrole nitrogens is 1. The molecule has 182 valence electrons. The molecular weight excluding hydrogens is 479 g/mol. The lowest BCUT2D eigenvalue weighted by molar-refractivity contribution is 0.0941. The molecule has 2 N–H and O–H groups in total. The highest BCUT2D eigenvalue weighted by atomic mass is 31.1. The molecule has 0 radical (unpaired) electrons. The summed E-state index contributed by atoms with van der Waals surface area (Å²) in [5.41, 5.74) is 1.26. The van der Waals surface area contributed by atoms with Crippen LogP contribution in [0.4, 0.5) is 0 Å². The zero-order valence-corrected chi connectivity index (χ0v) is 20.6. The minimum Gasteiger partial charge on any atom is -0.497 e. The number of carbonyl (C=O) groups is 1. The molecule has 0 bridgehead atoms. The Morgan fingerprint density at radius 2 is 1.72 bits per heavy atom. The number of hydrogen-bond donors (Lipinski definition) is 2. The van der Waals surface area contributed by atoms with E-state index in [2.05, 4.69) is 20.3 Å². The van der Waals surface area contributed by atoms with Crippen molar-refractivity contribution in [3.05, 3.63) is 106 Å². The summed E-state index contributed by atoms with van der Waals surface area (Å²) >= 11 is 0. The van der Waals surface area contributed by atoms with E-state index in [9.17, 15) is 14.2 Å². The lowest BCUT2D eigenvalue weighted by atomic mass is 9.98. The van der Waals surface area contributed by atoms with Crippen molar-refractivity contribution >= 4 is 19.2 Å². The molecule has 2 aromatic carbocycles. The Balaban J connectivity index is 1.64. The van der Waals surface area contributed by atoms with Crippen LogP contribution in [0.15, 0.2) is 83.9 Å². The maximum absolute atomic E-state index is 13.2. The standard InChI is InChI=1S/C26H23N4O5P/c1-3-35-36(33)20-13-9-18(10-14-20)23(17-7-11-19(34-2)12-8-17)29-25(31)21-16-28-24(30-26(21)32)22-6-4-5-15-27-22/h4-16,23H,3H2,1-2H3,(H-,28,29,30,31,32)/p+1. The highest BCUT2D eigenvalue weighted by Crippen LogP contribution is 2.27. The number of carbonyl (C=O) groups excluding carboxylic acids is 1. The Morgan fingerprint density at radius 1 is 1.03 bits per heavy atom. The molecule has 0 aliphatic heterocycles. The number of pyridine rings is 1. The van der Waals surface area contributed by atoms with E-state index in [0.29, 0.717) is 23.4 Å². The van der Waals surface area contributed by atoms with Gasteiger partial charge in [0, 0.05) is 12.4 Å². The molecule has 0 saturated carbocycles. The third kappa shape index (κ3) is 5.71. The van der Waals surface area contributed by atoms with Crippen LogP contribution >= 0.6 is 8.03 Å². The number of aromatic amines is 1. The lowest BCUT2D eigenvalue weighted by Gasteiger charge is -2.20. The number of nitrogens with one attached hydrogen (secondary N) is 2. The summed E-state index contributed by atoms with van der Waals surface area (Å²) < 4.78 is 22.6. The van der Waals surface area contributed by atoms with Crippen molar-refractivity contribution < 1.29 is 18.6 Å². The molecular formula is C26H24N4O5P+. The number of aromatic nitrogens is 3. The first-order valence-electron chi connectivity index (χ1n) is 11.2. The summed E-state index contributed by atoms with van der Waals surface area (Å²) in [6.45, 7) is 2.11. The van der Waals surface area contributed by atoms with Crippen molar-refractivity contribution in [2.45, 2.75) is 13.0 Å². The van der Waals surface area contributed by atoms with E-state index in [1.165, 1.54) is 6.20 Å². The number of ether oxygens (including phenoxy) is 1. The smallest absolute Gasteiger partial charge is 0.497 e. The van der Waals surface area contributed by atoms with Crippen molar-refractivity contribution in [1.29, 1.82) is 0 Å². The Labute approximate surface area is 208 Å². The molecule has 4 rings (SSSR count). The van der Waals surface area contributed by atoms with Crippen LogP contribution in [0.3, 0.4) is 0 Å². The highest BCUT2D eigenvalue weighted by molar-refractivity contribution is 7.48. The predicted molar refractivity (Wildman–Crippen MR) is 136 cm³/mol. The minimum atomic E-state index is -1.96. The monoisotopic (exact) mass is 503 g/mol. The van der Waals surface area contributed by atoms with Gasteiger partial charge in [-0.1, -0.05) is 30.3 Å². The molecule has 0 saturated heterocycles. The number of rotatable bonds is 9. The number of methoxy groups -OCH3 is 1. The van der Waals surface area contributed by atoms with E-state index in [4.69, 9.17) is 9.26 Å². The Bertz CT molecular complexity index is 1410. The van der Waals surface area contributed by atoms with Gasteiger partial charge in [-0.15, -0.1) is 4.52 Å². The third-order valence-electron chi connectivity index (χ3n) is 5.36. The Kier molecular flexibility index (Phi) is 7.95. The topological polar surface area (TPSA) is 123 Å². The first kappa shape index (κ1) is 24.9. The van der Waals surface area contributed by atoms with E-state index >= 15 is 0 Å². The van der Waals surface area contributed by atoms with Gasteiger partial charge in [0.05, 0.1) is 13.2 Å². The van der Waals surface area contributed by atoms with Gasteiger partial charge in [0.25, 0.3) is 11.5 Å². The van der Waals surface area contributed by atoms with Crippen LogP contribution in [0, 0.1) is 0 Å². The van der Waals surface area contributed by atoms with Crippen molar-refractivity contribution in [3.63, 3.8) is 0 Å². The summed E-state index contributed by atoms with van der Waals surface area (Å²) in [6, 6.07) is 18.8. The van der Waals surface area contributed by atoms with E-state index in [1.807, 2.05) is 12.1 Å². The molecule has 10 heteroatoms. The molecule has 1 amide bonds. The molecule has 2 atom stereocenters. The van der Waals surface area contributed by atoms with Crippen molar-refractivity contribution in [2.24, 2.45) is 0 Å². The second-order valence-electron chi connectivity index (χ2n) is 7.64. The van der Waals surface area contributed by atoms with Crippen molar-refractivity contribution in [3.8, 4) is 17.3 Å². The van der Waals surface area contributed by atoms with E-state index in [-0.39, 0.29) is 11.4 Å². The first-order valence-corrected chi connectivity index (χ1v) is 12.3. The second-order valence-corrected chi connectivity index (χ2v) is 8.92. The molecule has 2 aromatic heterocycles. The largest absolute Gasteiger partial charge is 0.548 e. The summed E-state index contributed by atoms with van der Waals surface area (Å²) in [7, 11) is -0.391. The van der Waals surface area contributed by atoms with Crippen LogP contribution in [0.25, 0.3) is 11.5 Å². The number of amides is 1. The number of hydrogen-bond acceptors (Lipinski definition) is 7. The fourth-order valence-electron chi connectivity index (χ4n) is 3.53. The predicted octanol–water partition coefficient (Wildman–Crippen LogP) is 3.76. The molecule has 2 heterocycles. The van der Waals surface area contributed by atoms with Crippen LogP contribution in [-0.4, -0.2) is 34.6 Å². The molecule has 0 fully saturated rings. The van der Waals surface area contributed by atoms with Gasteiger partial charge in [0.1, 0.15) is 23.6 Å². The van der Waals surface area contributed by atoms with Gasteiger partial charge in [-0.05, 0) is 59.0 Å². The fraction of sp³-hybridized carbons (Fsp3) is 0.154. The maximum atomic E-state index is 13.2. The van der Waals surface area contributed by atoms with Gasteiger partial charge in [0.2, 0.25) is 5.30 Å².